The first kappa shape index (κ1) is 16.9. The van der Waals surface area contributed by atoms with E-state index in [0.717, 1.165) is 0 Å². The predicted octanol–water partition coefficient (Wildman–Crippen LogP) is -2.13. The fraction of sp³-hybridized carbons (Fsp3) is 1.00. The largest absolute Gasteiger partial charge is 0.549 e. The van der Waals surface area contributed by atoms with Crippen LogP contribution in [-0.2, 0) is 9.31 Å². The van der Waals surface area contributed by atoms with Gasteiger partial charge in [-0.15, -0.1) is 0 Å². The van der Waals surface area contributed by atoms with Crippen LogP contribution in [-0.4, -0.2) is 42.4 Å². The van der Waals surface area contributed by atoms with Crippen molar-refractivity contribution in [1.29, 1.82) is 0 Å². The number of hydrogen-bond donors (Lipinski definition) is 5. The fourth-order valence-electron chi connectivity index (χ4n) is 1.15. The van der Waals surface area contributed by atoms with E-state index in [1.807, 2.05) is 6.92 Å². The van der Waals surface area contributed by atoms with Crippen molar-refractivity contribution < 1.29 is 19.4 Å². The molecule has 0 aromatic heterocycles. The highest BCUT2D eigenvalue weighted by molar-refractivity contribution is 6.56. The minimum atomic E-state index is -1.44. The monoisotopic (exact) mass is 245 g/mol. The van der Waals surface area contributed by atoms with E-state index in [2.05, 4.69) is 0 Å². The van der Waals surface area contributed by atoms with Gasteiger partial charge in [-0.05, 0) is 27.2 Å². The maximum absolute atomic E-state index is 9.33. The maximum Gasteiger partial charge on any atom is 0.549 e. The van der Waals surface area contributed by atoms with E-state index in [-0.39, 0.29) is 0 Å². The molecule has 0 rings (SSSR count). The number of rotatable bonds is 7. The van der Waals surface area contributed by atoms with Gasteiger partial charge in [0, 0.05) is 0 Å². The van der Waals surface area contributed by atoms with Crippen molar-refractivity contribution in [3.63, 3.8) is 0 Å². The molecule has 0 saturated heterocycles. The normalized spacial score (nSPS) is 15.4. The standard InChI is InChI=1S/C7H22B3N3O4/c1-5-7(4,17-10(13)15)9(12)16-6(2,3)8(11)14/h14-15H,5,11-13H2,1-4H3. The Kier molecular flexibility index (Phi) is 6.16. The van der Waals surface area contributed by atoms with Gasteiger partial charge < -0.3 is 36.3 Å². The molecule has 8 N–H and O–H groups in total. The lowest BCUT2D eigenvalue weighted by molar-refractivity contribution is 0.0809. The Balaban J connectivity index is 4.70. The van der Waals surface area contributed by atoms with Gasteiger partial charge in [0.1, 0.15) is 0 Å². The lowest BCUT2D eigenvalue weighted by Gasteiger charge is -2.37. The third-order valence-corrected chi connectivity index (χ3v) is 2.84. The second kappa shape index (κ2) is 6.19. The van der Waals surface area contributed by atoms with E-state index in [1.165, 1.54) is 0 Å². The van der Waals surface area contributed by atoms with Gasteiger partial charge in [-0.2, -0.15) is 0 Å². The van der Waals surface area contributed by atoms with Crippen molar-refractivity contribution in [2.75, 3.05) is 0 Å². The van der Waals surface area contributed by atoms with E-state index in [0.29, 0.717) is 6.42 Å². The average molecular weight is 245 g/mol. The highest BCUT2D eigenvalue weighted by atomic mass is 16.6. The van der Waals surface area contributed by atoms with Crippen molar-refractivity contribution >= 4 is 21.4 Å². The molecule has 7 nitrogen and oxygen atoms in total. The molecule has 0 amide bonds. The third kappa shape index (κ3) is 4.96. The summed E-state index contributed by atoms with van der Waals surface area (Å²) in [6.07, 6.45) is 0.471. The first-order chi connectivity index (χ1) is 7.55. The summed E-state index contributed by atoms with van der Waals surface area (Å²) in [5.41, 5.74) is 14.4. The van der Waals surface area contributed by atoms with Gasteiger partial charge in [0.2, 0.25) is 0 Å². The van der Waals surface area contributed by atoms with E-state index in [4.69, 9.17) is 31.3 Å². The van der Waals surface area contributed by atoms with Crippen molar-refractivity contribution in [3.05, 3.63) is 0 Å². The van der Waals surface area contributed by atoms with E-state index in [9.17, 15) is 5.02 Å². The lowest BCUT2D eigenvalue weighted by Crippen LogP contribution is -2.63. The summed E-state index contributed by atoms with van der Waals surface area (Å²) in [5.74, 6) is 0. The molecular formula is C7H22B3N3O4. The van der Waals surface area contributed by atoms with Crippen molar-refractivity contribution in [3.8, 4) is 0 Å². The van der Waals surface area contributed by atoms with Crippen LogP contribution in [0.4, 0.5) is 0 Å². The molecule has 10 heteroatoms. The first-order valence-electron chi connectivity index (χ1n) is 5.53. The molecule has 17 heavy (non-hydrogen) atoms. The minimum absolute atomic E-state index is 0.471. The molecule has 1 atom stereocenters. The van der Waals surface area contributed by atoms with Crippen LogP contribution in [0.2, 0.25) is 0 Å². The molecular weight excluding hydrogens is 223 g/mol. The number of nitrogens with two attached hydrogens (primary N) is 3. The van der Waals surface area contributed by atoms with Crippen LogP contribution in [0.3, 0.4) is 0 Å². The van der Waals surface area contributed by atoms with Crippen LogP contribution < -0.4 is 16.9 Å². The SMILES string of the molecule is CCC(C)(OB(N)O)B(N)OC(C)(C)B(N)O. The summed E-state index contributed by atoms with van der Waals surface area (Å²) in [6, 6.07) is 0. The van der Waals surface area contributed by atoms with Gasteiger partial charge in [0.25, 0.3) is 0 Å². The van der Waals surface area contributed by atoms with Crippen molar-refractivity contribution in [2.45, 2.75) is 45.1 Å². The predicted molar refractivity (Wildman–Crippen MR) is 69.2 cm³/mol. The zero-order valence-corrected chi connectivity index (χ0v) is 10.9. The van der Waals surface area contributed by atoms with Gasteiger partial charge in [-0.25, -0.2) is 0 Å². The molecule has 0 spiro atoms. The van der Waals surface area contributed by atoms with E-state index < -0.39 is 32.4 Å². The van der Waals surface area contributed by atoms with Crippen LogP contribution in [0.1, 0.15) is 34.1 Å². The molecule has 0 saturated carbocycles. The highest BCUT2D eigenvalue weighted by Gasteiger charge is 2.44. The fourth-order valence-corrected chi connectivity index (χ4v) is 1.15. The summed E-state index contributed by atoms with van der Waals surface area (Å²) < 4.78 is 10.6. The molecule has 0 bridgehead atoms. The van der Waals surface area contributed by atoms with Gasteiger partial charge in [-0.1, -0.05) is 6.92 Å². The Labute approximate surface area is 103 Å². The molecule has 0 fully saturated rings. The van der Waals surface area contributed by atoms with Gasteiger partial charge >= 0.3 is 21.4 Å². The Morgan fingerprint density at radius 1 is 1.06 bits per heavy atom. The zero-order chi connectivity index (χ0) is 13.9. The second-order valence-corrected chi connectivity index (χ2v) is 4.76. The summed E-state index contributed by atoms with van der Waals surface area (Å²) in [7, 11) is -3.52. The van der Waals surface area contributed by atoms with Crippen LogP contribution in [0.5, 0.6) is 0 Å². The van der Waals surface area contributed by atoms with Gasteiger partial charge in [0.05, 0.1) is 11.0 Å². The number of hydrogen-bond acceptors (Lipinski definition) is 7. The molecule has 0 radical (unpaired) electrons. The summed E-state index contributed by atoms with van der Waals surface area (Å²) >= 11 is 0. The van der Waals surface area contributed by atoms with Crippen molar-refractivity contribution in [1.82, 2.24) is 0 Å². The van der Waals surface area contributed by atoms with Crippen LogP contribution in [0, 0.1) is 0 Å². The van der Waals surface area contributed by atoms with Gasteiger partial charge in [-0.3, -0.25) is 0 Å². The molecule has 98 valence electrons. The first-order valence-corrected chi connectivity index (χ1v) is 5.53. The average Bonchev–Trinajstić information content (AvgIpc) is 2.15. The summed E-state index contributed by atoms with van der Waals surface area (Å²) in [5, 5.41) is 18.4. The third-order valence-electron chi connectivity index (χ3n) is 2.84. The Morgan fingerprint density at radius 2 is 1.53 bits per heavy atom. The topological polar surface area (TPSA) is 137 Å². The Morgan fingerprint density at radius 3 is 1.82 bits per heavy atom. The molecule has 0 aliphatic heterocycles. The van der Waals surface area contributed by atoms with Gasteiger partial charge in [0.15, 0.2) is 0 Å². The Bertz CT molecular complexity index is 244. The highest BCUT2D eigenvalue weighted by Crippen LogP contribution is 2.21. The Hall–Kier alpha value is -0.0852. The lowest BCUT2D eigenvalue weighted by atomic mass is 9.59. The quantitative estimate of drug-likeness (QED) is 0.323. The smallest absolute Gasteiger partial charge is 0.436 e. The van der Waals surface area contributed by atoms with E-state index in [1.54, 1.807) is 20.8 Å². The van der Waals surface area contributed by atoms with Crippen LogP contribution >= 0.6 is 0 Å². The zero-order valence-electron chi connectivity index (χ0n) is 10.9. The summed E-state index contributed by atoms with van der Waals surface area (Å²) in [4.78, 5) is 0. The molecule has 1 unspecified atom stereocenters. The second-order valence-electron chi connectivity index (χ2n) is 4.76. The maximum atomic E-state index is 9.33. The minimum Gasteiger partial charge on any atom is -0.436 e. The van der Waals surface area contributed by atoms with Crippen LogP contribution in [0.15, 0.2) is 0 Å². The molecule has 0 aliphatic rings. The molecule has 0 aromatic carbocycles. The molecule has 0 heterocycles. The molecule has 0 aromatic rings. The van der Waals surface area contributed by atoms with E-state index >= 15 is 0 Å². The molecule has 0 aliphatic carbocycles. The van der Waals surface area contributed by atoms with Crippen LogP contribution in [0.25, 0.3) is 0 Å². The summed E-state index contributed by atoms with van der Waals surface area (Å²) in [6.45, 7) is 6.68. The van der Waals surface area contributed by atoms with Crippen molar-refractivity contribution in [2.24, 2.45) is 16.9 Å².